The summed E-state index contributed by atoms with van der Waals surface area (Å²) < 4.78 is 31.8. The van der Waals surface area contributed by atoms with Crippen LogP contribution in [0.25, 0.3) is 0 Å². The monoisotopic (exact) mass is 383 g/mol. The molecule has 0 unspecified atom stereocenters. The maximum atomic E-state index is 13.2. The van der Waals surface area contributed by atoms with Crippen molar-refractivity contribution in [3.8, 4) is 5.75 Å². The van der Waals surface area contributed by atoms with Crippen LogP contribution in [-0.2, 0) is 0 Å². The summed E-state index contributed by atoms with van der Waals surface area (Å²) in [4.78, 5) is 16.3. The van der Waals surface area contributed by atoms with Crippen LogP contribution < -0.4 is 15.4 Å². The third-order valence-electron chi connectivity index (χ3n) is 3.69. The van der Waals surface area contributed by atoms with E-state index in [1.807, 2.05) is 38.1 Å². The molecule has 0 atom stereocenters. The zero-order chi connectivity index (χ0) is 20.1. The van der Waals surface area contributed by atoms with Crippen LogP contribution in [0.15, 0.2) is 60.8 Å². The Morgan fingerprint density at radius 1 is 0.929 bits per heavy atom. The normalized spacial score (nSPS) is 10.6. The predicted molar refractivity (Wildman–Crippen MR) is 104 cm³/mol. The topological polar surface area (TPSA) is 63.2 Å². The van der Waals surface area contributed by atoms with Crippen molar-refractivity contribution in [1.82, 2.24) is 4.98 Å². The first-order valence-electron chi connectivity index (χ1n) is 8.67. The fraction of sp³-hybridized carbons (Fsp3) is 0.143. The largest absolute Gasteiger partial charge is 0.491 e. The Morgan fingerprint density at radius 3 is 2.21 bits per heavy atom. The first-order chi connectivity index (χ1) is 13.4. The quantitative estimate of drug-likeness (QED) is 0.618. The van der Waals surface area contributed by atoms with E-state index in [4.69, 9.17) is 4.74 Å². The zero-order valence-electron chi connectivity index (χ0n) is 15.4. The van der Waals surface area contributed by atoms with Crippen molar-refractivity contribution in [3.63, 3.8) is 0 Å². The van der Waals surface area contributed by atoms with Crippen LogP contribution in [0.4, 0.5) is 25.8 Å². The minimum absolute atomic E-state index is 0.105. The van der Waals surface area contributed by atoms with Crippen molar-refractivity contribution >= 4 is 23.0 Å². The van der Waals surface area contributed by atoms with Crippen LogP contribution in [0.3, 0.4) is 0 Å². The first kappa shape index (κ1) is 19.3. The summed E-state index contributed by atoms with van der Waals surface area (Å²) in [5, 5.41) is 5.65. The maximum Gasteiger partial charge on any atom is 0.274 e. The molecule has 0 aliphatic heterocycles. The number of halogens is 2. The average molecular weight is 383 g/mol. The van der Waals surface area contributed by atoms with Crippen molar-refractivity contribution in [3.05, 3.63) is 78.1 Å². The molecule has 0 aliphatic carbocycles. The minimum Gasteiger partial charge on any atom is -0.491 e. The third-order valence-corrected chi connectivity index (χ3v) is 3.69. The van der Waals surface area contributed by atoms with Gasteiger partial charge in [0.2, 0.25) is 0 Å². The highest BCUT2D eigenvalue weighted by Gasteiger charge is 2.10. The fourth-order valence-electron chi connectivity index (χ4n) is 2.43. The number of pyridine rings is 1. The highest BCUT2D eigenvalue weighted by molar-refractivity contribution is 6.02. The molecule has 1 heterocycles. The molecule has 144 valence electrons. The molecule has 3 aromatic rings. The van der Waals surface area contributed by atoms with E-state index < -0.39 is 17.5 Å². The second-order valence-corrected chi connectivity index (χ2v) is 6.33. The number of nitrogens with one attached hydrogen (secondary N) is 2. The van der Waals surface area contributed by atoms with Crippen molar-refractivity contribution < 1.29 is 18.3 Å². The van der Waals surface area contributed by atoms with E-state index in [0.29, 0.717) is 5.69 Å². The van der Waals surface area contributed by atoms with Crippen LogP contribution in [0.5, 0.6) is 5.75 Å². The summed E-state index contributed by atoms with van der Waals surface area (Å²) >= 11 is 0. The van der Waals surface area contributed by atoms with Crippen molar-refractivity contribution in [2.24, 2.45) is 0 Å². The van der Waals surface area contributed by atoms with Gasteiger partial charge in [-0.25, -0.2) is 13.8 Å². The van der Waals surface area contributed by atoms with E-state index in [1.165, 1.54) is 18.3 Å². The van der Waals surface area contributed by atoms with Crippen LogP contribution in [0, 0.1) is 11.6 Å². The van der Waals surface area contributed by atoms with Crippen LogP contribution >= 0.6 is 0 Å². The molecule has 28 heavy (non-hydrogen) atoms. The Morgan fingerprint density at radius 2 is 1.61 bits per heavy atom. The van der Waals surface area contributed by atoms with Gasteiger partial charge in [-0.05, 0) is 62.4 Å². The Labute approximate surface area is 161 Å². The van der Waals surface area contributed by atoms with Gasteiger partial charge in [-0.1, -0.05) is 0 Å². The molecule has 2 N–H and O–H groups in total. The van der Waals surface area contributed by atoms with Crippen LogP contribution in [0.2, 0.25) is 0 Å². The van der Waals surface area contributed by atoms with E-state index in [0.717, 1.165) is 23.6 Å². The molecule has 0 bridgehead atoms. The molecule has 2 aromatic carbocycles. The van der Waals surface area contributed by atoms with Gasteiger partial charge < -0.3 is 15.4 Å². The zero-order valence-corrected chi connectivity index (χ0v) is 15.4. The third kappa shape index (κ3) is 5.03. The lowest BCUT2D eigenvalue weighted by Crippen LogP contribution is -2.13. The van der Waals surface area contributed by atoms with Crippen molar-refractivity contribution in [2.75, 3.05) is 10.6 Å². The molecule has 1 aromatic heterocycles. The minimum atomic E-state index is -1.03. The molecule has 1 amide bonds. The number of hydrogen-bond acceptors (Lipinski definition) is 4. The van der Waals surface area contributed by atoms with Crippen LogP contribution in [0.1, 0.15) is 24.3 Å². The number of carbonyl (C=O) groups is 1. The summed E-state index contributed by atoms with van der Waals surface area (Å²) in [6.07, 6.45) is 1.62. The van der Waals surface area contributed by atoms with Gasteiger partial charge in [-0.3, -0.25) is 4.79 Å². The molecule has 0 radical (unpaired) electrons. The van der Waals surface area contributed by atoms with Gasteiger partial charge in [0.15, 0.2) is 11.6 Å². The molecule has 0 saturated carbocycles. The molecule has 7 heteroatoms. The standard InChI is InChI=1S/C21H19F2N3O2/c1-13(2)28-17-7-3-14(4-8-17)25-16-6-10-20(24-12-16)21(27)26-15-5-9-18(22)19(23)11-15/h3-13,25H,1-2H3,(H,26,27). The Kier molecular flexibility index (Phi) is 5.84. The average Bonchev–Trinajstić information content (AvgIpc) is 2.66. The number of amides is 1. The number of carbonyl (C=O) groups excluding carboxylic acids is 1. The van der Waals surface area contributed by atoms with Gasteiger partial charge in [0.05, 0.1) is 18.0 Å². The first-order valence-corrected chi connectivity index (χ1v) is 8.67. The van der Waals surface area contributed by atoms with Gasteiger partial charge in [0.1, 0.15) is 11.4 Å². The van der Waals surface area contributed by atoms with Crippen molar-refractivity contribution in [1.29, 1.82) is 0 Å². The second kappa shape index (κ2) is 8.47. The van der Waals surface area contributed by atoms with E-state index in [1.54, 1.807) is 6.07 Å². The van der Waals surface area contributed by atoms with Crippen molar-refractivity contribution in [2.45, 2.75) is 20.0 Å². The van der Waals surface area contributed by atoms with E-state index >= 15 is 0 Å². The maximum absolute atomic E-state index is 13.2. The molecular formula is C21H19F2N3O2. The molecule has 5 nitrogen and oxygen atoms in total. The van der Waals surface area contributed by atoms with Gasteiger partial charge in [0, 0.05) is 17.4 Å². The number of aromatic nitrogens is 1. The van der Waals surface area contributed by atoms with Crippen LogP contribution in [-0.4, -0.2) is 17.0 Å². The Bertz CT molecular complexity index is 958. The summed E-state index contributed by atoms with van der Waals surface area (Å²) in [6.45, 7) is 3.92. The van der Waals surface area contributed by atoms with E-state index in [-0.39, 0.29) is 17.5 Å². The summed E-state index contributed by atoms with van der Waals surface area (Å²) in [5.74, 6) is -1.75. The number of nitrogens with zero attached hydrogens (tertiary/aromatic N) is 1. The van der Waals surface area contributed by atoms with Gasteiger partial charge in [-0.15, -0.1) is 0 Å². The molecule has 3 rings (SSSR count). The van der Waals surface area contributed by atoms with E-state index in [9.17, 15) is 13.6 Å². The SMILES string of the molecule is CC(C)Oc1ccc(Nc2ccc(C(=O)Nc3ccc(F)c(F)c3)nc2)cc1. The Hall–Kier alpha value is -3.48. The lowest BCUT2D eigenvalue weighted by Gasteiger charge is -2.11. The number of hydrogen-bond donors (Lipinski definition) is 2. The molecule has 0 spiro atoms. The fourth-order valence-corrected chi connectivity index (χ4v) is 2.43. The predicted octanol–water partition coefficient (Wildman–Crippen LogP) is 5.14. The molecule has 0 fully saturated rings. The summed E-state index contributed by atoms with van der Waals surface area (Å²) in [6, 6.07) is 13.8. The number of ether oxygens (including phenoxy) is 1. The summed E-state index contributed by atoms with van der Waals surface area (Å²) in [5.41, 5.74) is 1.84. The molecular weight excluding hydrogens is 364 g/mol. The van der Waals surface area contributed by atoms with E-state index in [2.05, 4.69) is 15.6 Å². The number of anilines is 3. The second-order valence-electron chi connectivity index (χ2n) is 6.33. The number of benzene rings is 2. The Balaban J connectivity index is 1.62. The highest BCUT2D eigenvalue weighted by atomic mass is 19.2. The smallest absolute Gasteiger partial charge is 0.274 e. The van der Waals surface area contributed by atoms with Gasteiger partial charge in [0.25, 0.3) is 5.91 Å². The highest BCUT2D eigenvalue weighted by Crippen LogP contribution is 2.21. The molecule has 0 saturated heterocycles. The van der Waals surface area contributed by atoms with Gasteiger partial charge >= 0.3 is 0 Å². The molecule has 0 aliphatic rings. The lowest BCUT2D eigenvalue weighted by molar-refractivity contribution is 0.102. The summed E-state index contributed by atoms with van der Waals surface area (Å²) in [7, 11) is 0. The van der Waals surface area contributed by atoms with Gasteiger partial charge in [-0.2, -0.15) is 0 Å². The number of rotatable bonds is 6. The lowest BCUT2D eigenvalue weighted by atomic mass is 10.2.